The summed E-state index contributed by atoms with van der Waals surface area (Å²) in [6.07, 6.45) is 3.51. The van der Waals surface area contributed by atoms with Crippen molar-refractivity contribution in [3.05, 3.63) is 34.9 Å². The smallest absolute Gasteiger partial charge is 0.306 e. The molecule has 136 valence electrons. The minimum atomic E-state index is -0.749. The molecule has 1 aliphatic carbocycles. The number of hydrogen-bond acceptors (Lipinski definition) is 3. The number of nitrogens with one attached hydrogen (secondary N) is 2. The van der Waals surface area contributed by atoms with E-state index < -0.39 is 5.97 Å². The highest BCUT2D eigenvalue weighted by atomic mass is 35.5. The van der Waals surface area contributed by atoms with Crippen molar-refractivity contribution >= 4 is 29.4 Å². The van der Waals surface area contributed by atoms with Crippen LogP contribution in [-0.2, 0) is 9.59 Å². The lowest BCUT2D eigenvalue weighted by Gasteiger charge is -2.26. The van der Waals surface area contributed by atoms with Crippen LogP contribution < -0.4 is 10.6 Å². The molecule has 0 atom stereocenters. The van der Waals surface area contributed by atoms with Crippen LogP contribution in [0, 0.1) is 5.92 Å². The van der Waals surface area contributed by atoms with Gasteiger partial charge in [-0.3, -0.25) is 14.4 Å². The zero-order valence-electron chi connectivity index (χ0n) is 14.0. The van der Waals surface area contributed by atoms with Gasteiger partial charge in [0.15, 0.2) is 0 Å². The zero-order chi connectivity index (χ0) is 18.2. The molecule has 3 N–H and O–H groups in total. The van der Waals surface area contributed by atoms with Crippen LogP contribution in [-0.4, -0.2) is 35.5 Å². The number of halogens is 1. The van der Waals surface area contributed by atoms with Crippen LogP contribution in [0.15, 0.2) is 24.3 Å². The fourth-order valence-electron chi connectivity index (χ4n) is 2.94. The topological polar surface area (TPSA) is 95.5 Å². The highest BCUT2D eigenvalue weighted by Crippen LogP contribution is 2.24. The number of carboxylic acids is 1. The molecule has 0 spiro atoms. The largest absolute Gasteiger partial charge is 0.481 e. The van der Waals surface area contributed by atoms with Crippen molar-refractivity contribution in [2.24, 2.45) is 5.92 Å². The van der Waals surface area contributed by atoms with Gasteiger partial charge in [-0.15, -0.1) is 0 Å². The van der Waals surface area contributed by atoms with Crippen LogP contribution in [0.1, 0.15) is 48.9 Å². The first-order valence-corrected chi connectivity index (χ1v) is 8.89. The van der Waals surface area contributed by atoms with Gasteiger partial charge in [-0.05, 0) is 56.4 Å². The number of carbonyl (C=O) groups is 3. The first-order valence-electron chi connectivity index (χ1n) is 8.51. The summed E-state index contributed by atoms with van der Waals surface area (Å²) in [6.45, 7) is 0.417. The molecule has 0 unspecified atom stereocenters. The van der Waals surface area contributed by atoms with Crippen LogP contribution >= 0.6 is 11.6 Å². The van der Waals surface area contributed by atoms with Gasteiger partial charge in [0.2, 0.25) is 5.91 Å². The minimum Gasteiger partial charge on any atom is -0.481 e. The highest BCUT2D eigenvalue weighted by molar-refractivity contribution is 6.30. The maximum Gasteiger partial charge on any atom is 0.306 e. The Hall–Kier alpha value is -2.08. The lowest BCUT2D eigenvalue weighted by Crippen LogP contribution is -2.39. The van der Waals surface area contributed by atoms with Crippen molar-refractivity contribution in [1.82, 2.24) is 10.6 Å². The number of hydrogen-bond donors (Lipinski definition) is 3. The molecule has 25 heavy (non-hydrogen) atoms. The number of amides is 2. The van der Waals surface area contributed by atoms with E-state index in [-0.39, 0.29) is 23.8 Å². The van der Waals surface area contributed by atoms with Crippen molar-refractivity contribution in [1.29, 1.82) is 0 Å². The predicted octanol–water partition coefficient (Wildman–Crippen LogP) is 2.61. The van der Waals surface area contributed by atoms with Crippen LogP contribution in [0.2, 0.25) is 5.02 Å². The Balaban J connectivity index is 1.60. The molecule has 6 nitrogen and oxygen atoms in total. The van der Waals surface area contributed by atoms with E-state index in [1.165, 1.54) is 0 Å². The van der Waals surface area contributed by atoms with E-state index in [0.717, 1.165) is 0 Å². The molecule has 2 rings (SSSR count). The molecule has 1 aliphatic rings. The molecule has 0 heterocycles. The summed E-state index contributed by atoms with van der Waals surface area (Å²) >= 11 is 5.78. The number of carbonyl (C=O) groups excluding carboxylic acids is 2. The summed E-state index contributed by atoms with van der Waals surface area (Å²) in [5.41, 5.74) is 0.532. The molecule has 0 bridgehead atoms. The molecular weight excluding hydrogens is 344 g/mol. The van der Waals surface area contributed by atoms with Gasteiger partial charge in [0.05, 0.1) is 5.92 Å². The van der Waals surface area contributed by atoms with E-state index in [9.17, 15) is 14.4 Å². The van der Waals surface area contributed by atoms with Crippen molar-refractivity contribution in [3.63, 3.8) is 0 Å². The molecule has 7 heteroatoms. The Bertz CT molecular complexity index is 610. The Morgan fingerprint density at radius 2 is 1.72 bits per heavy atom. The average Bonchev–Trinajstić information content (AvgIpc) is 2.59. The summed E-state index contributed by atoms with van der Waals surface area (Å²) in [5, 5.41) is 15.3. The summed E-state index contributed by atoms with van der Waals surface area (Å²) in [5.74, 6) is -1.28. The summed E-state index contributed by atoms with van der Waals surface area (Å²) in [7, 11) is 0. The number of carboxylic acid groups (broad SMARTS) is 1. The summed E-state index contributed by atoms with van der Waals surface area (Å²) in [4.78, 5) is 34.7. The second-order valence-corrected chi connectivity index (χ2v) is 6.76. The van der Waals surface area contributed by atoms with Crippen molar-refractivity contribution in [3.8, 4) is 0 Å². The fourth-order valence-corrected chi connectivity index (χ4v) is 3.06. The van der Waals surface area contributed by atoms with E-state index in [4.69, 9.17) is 16.7 Å². The molecule has 2 amide bonds. The van der Waals surface area contributed by atoms with E-state index in [1.807, 2.05) is 0 Å². The Morgan fingerprint density at radius 1 is 1.08 bits per heavy atom. The van der Waals surface area contributed by atoms with Gasteiger partial charge in [0.1, 0.15) is 0 Å². The highest BCUT2D eigenvalue weighted by Gasteiger charge is 2.26. The number of rotatable bonds is 7. The average molecular weight is 367 g/mol. The van der Waals surface area contributed by atoms with Crippen LogP contribution in [0.5, 0.6) is 0 Å². The van der Waals surface area contributed by atoms with Gasteiger partial charge >= 0.3 is 5.97 Å². The third-order valence-corrected chi connectivity index (χ3v) is 4.67. The van der Waals surface area contributed by atoms with Gasteiger partial charge in [-0.2, -0.15) is 0 Å². The molecular formula is C18H23ClN2O4. The minimum absolute atomic E-state index is 0.0560. The molecule has 0 saturated heterocycles. The second-order valence-electron chi connectivity index (χ2n) is 6.32. The molecule has 1 fully saturated rings. The van der Waals surface area contributed by atoms with Crippen molar-refractivity contribution in [2.75, 3.05) is 6.54 Å². The normalized spacial score (nSPS) is 19.9. The molecule has 0 aromatic heterocycles. The Morgan fingerprint density at radius 3 is 2.32 bits per heavy atom. The van der Waals surface area contributed by atoms with Crippen LogP contribution in [0.25, 0.3) is 0 Å². The number of aliphatic carboxylic acids is 1. The van der Waals surface area contributed by atoms with E-state index in [1.54, 1.807) is 24.3 Å². The molecule has 1 aromatic rings. The van der Waals surface area contributed by atoms with Gasteiger partial charge < -0.3 is 15.7 Å². The summed E-state index contributed by atoms with van der Waals surface area (Å²) < 4.78 is 0. The SMILES string of the molecule is O=C(CCCNC(=O)c1ccc(Cl)cc1)NC1CCC(C(=O)O)CC1. The van der Waals surface area contributed by atoms with Crippen LogP contribution in [0.3, 0.4) is 0 Å². The van der Waals surface area contributed by atoms with Crippen molar-refractivity contribution < 1.29 is 19.5 Å². The third-order valence-electron chi connectivity index (χ3n) is 4.41. The van der Waals surface area contributed by atoms with E-state index in [2.05, 4.69) is 10.6 Å². The Kier molecular flexibility index (Phi) is 7.25. The lowest BCUT2D eigenvalue weighted by molar-refractivity contribution is -0.142. The fraction of sp³-hybridized carbons (Fsp3) is 0.500. The van der Waals surface area contributed by atoms with Gasteiger partial charge in [0, 0.05) is 29.6 Å². The van der Waals surface area contributed by atoms with Gasteiger partial charge in [0.25, 0.3) is 5.91 Å². The lowest BCUT2D eigenvalue weighted by atomic mass is 9.86. The maximum atomic E-state index is 11.9. The zero-order valence-corrected chi connectivity index (χ0v) is 14.7. The summed E-state index contributed by atoms with van der Waals surface area (Å²) in [6, 6.07) is 6.67. The standard InChI is InChI=1S/C18H23ClN2O4/c19-14-7-3-12(4-8-14)17(23)20-11-1-2-16(22)21-15-9-5-13(6-10-15)18(24)25/h3-4,7-8,13,15H,1-2,5-6,9-11H2,(H,20,23)(H,21,22)(H,24,25). The third kappa shape index (κ3) is 6.38. The van der Waals surface area contributed by atoms with E-state index in [0.29, 0.717) is 55.7 Å². The first-order chi connectivity index (χ1) is 12.0. The van der Waals surface area contributed by atoms with E-state index >= 15 is 0 Å². The van der Waals surface area contributed by atoms with Gasteiger partial charge in [-0.1, -0.05) is 11.6 Å². The molecule has 1 saturated carbocycles. The Labute approximate surface area is 151 Å². The molecule has 0 aliphatic heterocycles. The second kappa shape index (κ2) is 9.42. The molecule has 0 radical (unpaired) electrons. The first kappa shape index (κ1) is 19.2. The van der Waals surface area contributed by atoms with Crippen molar-refractivity contribution in [2.45, 2.75) is 44.6 Å². The quantitative estimate of drug-likeness (QED) is 0.646. The van der Waals surface area contributed by atoms with Gasteiger partial charge in [-0.25, -0.2) is 0 Å². The number of benzene rings is 1. The maximum absolute atomic E-state index is 11.9. The predicted molar refractivity (Wildman–Crippen MR) is 94.5 cm³/mol. The molecule has 1 aromatic carbocycles. The van der Waals surface area contributed by atoms with Crippen LogP contribution in [0.4, 0.5) is 0 Å². The monoisotopic (exact) mass is 366 g/mol.